The number of benzene rings is 3. The van der Waals surface area contributed by atoms with E-state index in [0.29, 0.717) is 31.9 Å². The van der Waals surface area contributed by atoms with Crippen molar-refractivity contribution < 1.29 is 18.7 Å². The Morgan fingerprint density at radius 2 is 1.70 bits per heavy atom. The molecule has 2 heterocycles. The Bertz CT molecular complexity index is 1590. The summed E-state index contributed by atoms with van der Waals surface area (Å²) in [6.45, 7) is 2.14. The molecule has 0 aliphatic carbocycles. The molecule has 8 nitrogen and oxygen atoms in total. The number of morpholine rings is 1. The molecule has 1 N–H and O–H groups in total. The number of ether oxygens (including phenoxy) is 2. The van der Waals surface area contributed by atoms with Gasteiger partial charge in [-0.3, -0.25) is 18.8 Å². The maximum Gasteiger partial charge on any atom is 0.347 e. The van der Waals surface area contributed by atoms with Crippen molar-refractivity contribution in [2.24, 2.45) is 7.05 Å². The second-order valence-corrected chi connectivity index (χ2v) is 9.83. The molecule has 1 saturated heterocycles. The first-order valence-corrected chi connectivity index (χ1v) is 13.3. The van der Waals surface area contributed by atoms with Crippen molar-refractivity contribution in [2.45, 2.75) is 19.4 Å². The minimum absolute atomic E-state index is 0.00854. The normalized spacial score (nSPS) is 15.5. The van der Waals surface area contributed by atoms with E-state index < -0.39 is 17.8 Å². The topological polar surface area (TPSA) is 77.7 Å². The fraction of sp³-hybridized carbons (Fsp3) is 0.233. The zero-order valence-corrected chi connectivity index (χ0v) is 22.8. The Kier molecular flexibility index (Phi) is 8.49. The number of carbonyl (C=O) groups excluding carboxylic acids is 1. The van der Waals surface area contributed by atoms with Crippen molar-refractivity contribution in [1.29, 1.82) is 0 Å². The molecule has 10 heteroatoms. The van der Waals surface area contributed by atoms with E-state index in [-0.39, 0.29) is 28.6 Å². The fourth-order valence-corrected chi connectivity index (χ4v) is 4.86. The first-order valence-electron chi connectivity index (χ1n) is 12.9. The highest BCUT2D eigenvalue weighted by molar-refractivity contribution is 7.71. The first-order chi connectivity index (χ1) is 19.4. The van der Waals surface area contributed by atoms with Gasteiger partial charge in [-0.05, 0) is 47.6 Å². The van der Waals surface area contributed by atoms with Gasteiger partial charge in [0.25, 0.3) is 5.56 Å². The minimum atomic E-state index is -0.773. The largest absolute Gasteiger partial charge is 0.457 e. The summed E-state index contributed by atoms with van der Waals surface area (Å²) in [5.41, 5.74) is 1.69. The quantitative estimate of drug-likeness (QED) is 0.248. The summed E-state index contributed by atoms with van der Waals surface area (Å²) in [5.74, 6) is -0.857. The maximum atomic E-state index is 13.5. The van der Waals surface area contributed by atoms with Crippen LogP contribution in [0.1, 0.15) is 21.5 Å². The van der Waals surface area contributed by atoms with E-state index in [9.17, 15) is 14.0 Å². The number of rotatable bonds is 8. The van der Waals surface area contributed by atoms with Crippen molar-refractivity contribution in [2.75, 3.05) is 25.0 Å². The third-order valence-electron chi connectivity index (χ3n) is 6.66. The molecule has 1 aliphatic heterocycles. The molecule has 1 unspecified atom stereocenters. The van der Waals surface area contributed by atoms with Crippen molar-refractivity contribution in [3.05, 3.63) is 123 Å². The van der Waals surface area contributed by atoms with E-state index >= 15 is 0 Å². The number of anilines is 1. The lowest BCUT2D eigenvalue weighted by molar-refractivity contribution is -0.0167. The Morgan fingerprint density at radius 1 is 1.02 bits per heavy atom. The van der Waals surface area contributed by atoms with Crippen LogP contribution in [0.15, 0.2) is 89.7 Å². The average Bonchev–Trinajstić information content (AvgIpc) is 2.97. The van der Waals surface area contributed by atoms with E-state index in [1.165, 1.54) is 23.7 Å². The third kappa shape index (κ3) is 6.20. The summed E-state index contributed by atoms with van der Waals surface area (Å²) in [6, 6.07) is 24.9. The zero-order chi connectivity index (χ0) is 28.1. The van der Waals surface area contributed by atoms with Crippen LogP contribution in [0.4, 0.5) is 10.2 Å². The number of nitrogens with zero attached hydrogens (tertiary/aromatic N) is 3. The van der Waals surface area contributed by atoms with Crippen LogP contribution in [0.5, 0.6) is 0 Å². The summed E-state index contributed by atoms with van der Waals surface area (Å²) >= 11 is 5.68. The molecule has 1 atom stereocenters. The molecule has 0 spiro atoms. The SMILES string of the molecule is Cn1c(=O)c(C(=O)OCc2ccccc2)c(NC2CN(Cc3ccc(F)cc3)CCO2)n(-c2ccccc2)c1=S. The molecular formula is C30H29FN4O4S. The highest BCUT2D eigenvalue weighted by Gasteiger charge is 2.28. The molecule has 3 aromatic carbocycles. The van der Waals surface area contributed by atoms with Gasteiger partial charge >= 0.3 is 5.97 Å². The molecule has 0 bridgehead atoms. The van der Waals surface area contributed by atoms with E-state index in [1.807, 2.05) is 60.7 Å². The molecule has 0 radical (unpaired) electrons. The molecular weight excluding hydrogens is 531 g/mol. The van der Waals surface area contributed by atoms with Crippen LogP contribution in [-0.4, -0.2) is 45.9 Å². The number of nitrogens with one attached hydrogen (secondary N) is 1. The number of hydrogen-bond acceptors (Lipinski definition) is 7. The van der Waals surface area contributed by atoms with Crippen LogP contribution in [0, 0.1) is 10.6 Å². The molecule has 0 saturated carbocycles. The second-order valence-electron chi connectivity index (χ2n) is 9.47. The van der Waals surface area contributed by atoms with E-state index in [1.54, 1.807) is 16.7 Å². The van der Waals surface area contributed by atoms with Crippen LogP contribution in [-0.2, 0) is 29.7 Å². The van der Waals surface area contributed by atoms with Crippen molar-refractivity contribution in [3.63, 3.8) is 0 Å². The number of halogens is 1. The van der Waals surface area contributed by atoms with Gasteiger partial charge in [0, 0.05) is 32.4 Å². The highest BCUT2D eigenvalue weighted by atomic mass is 32.1. The number of carbonyl (C=O) groups is 1. The third-order valence-corrected chi connectivity index (χ3v) is 7.11. The van der Waals surface area contributed by atoms with Crippen LogP contribution < -0.4 is 10.9 Å². The lowest BCUT2D eigenvalue weighted by atomic mass is 10.2. The molecule has 4 aromatic rings. The van der Waals surface area contributed by atoms with Crippen molar-refractivity contribution in [3.8, 4) is 5.69 Å². The fourth-order valence-electron chi connectivity index (χ4n) is 4.58. The summed E-state index contributed by atoms with van der Waals surface area (Å²) in [5, 5.41) is 3.29. The number of esters is 1. The number of hydrogen-bond donors (Lipinski definition) is 1. The monoisotopic (exact) mass is 560 g/mol. The van der Waals surface area contributed by atoms with Crippen molar-refractivity contribution >= 4 is 24.0 Å². The Labute approximate surface area is 236 Å². The first kappa shape index (κ1) is 27.4. The lowest BCUT2D eigenvalue weighted by Crippen LogP contribution is -2.46. The molecule has 1 aromatic heterocycles. The maximum absolute atomic E-state index is 13.5. The van der Waals surface area contributed by atoms with Gasteiger partial charge in [0.15, 0.2) is 10.3 Å². The molecule has 40 heavy (non-hydrogen) atoms. The number of aromatic nitrogens is 2. The average molecular weight is 561 g/mol. The molecule has 1 aliphatic rings. The van der Waals surface area contributed by atoms with Gasteiger partial charge in [-0.2, -0.15) is 0 Å². The number of para-hydroxylation sites is 1. The van der Waals surface area contributed by atoms with Gasteiger partial charge in [0.1, 0.15) is 24.5 Å². The minimum Gasteiger partial charge on any atom is -0.457 e. The van der Waals surface area contributed by atoms with Gasteiger partial charge in [0.2, 0.25) is 0 Å². The molecule has 1 fully saturated rings. The van der Waals surface area contributed by atoms with E-state index in [0.717, 1.165) is 11.1 Å². The highest BCUT2D eigenvalue weighted by Crippen LogP contribution is 2.23. The van der Waals surface area contributed by atoms with Gasteiger partial charge in [0.05, 0.1) is 6.61 Å². The zero-order valence-electron chi connectivity index (χ0n) is 22.0. The summed E-state index contributed by atoms with van der Waals surface area (Å²) in [4.78, 5) is 29.1. The van der Waals surface area contributed by atoms with Crippen LogP contribution in [0.3, 0.4) is 0 Å². The Morgan fingerprint density at radius 3 is 2.40 bits per heavy atom. The lowest BCUT2D eigenvalue weighted by Gasteiger charge is -2.34. The van der Waals surface area contributed by atoms with Crippen LogP contribution in [0.25, 0.3) is 5.69 Å². The second kappa shape index (κ2) is 12.4. The van der Waals surface area contributed by atoms with Gasteiger partial charge in [-0.1, -0.05) is 60.7 Å². The van der Waals surface area contributed by atoms with Gasteiger partial charge in [-0.25, -0.2) is 9.18 Å². The smallest absolute Gasteiger partial charge is 0.347 e. The van der Waals surface area contributed by atoms with Crippen molar-refractivity contribution in [1.82, 2.24) is 14.0 Å². The summed E-state index contributed by atoms with van der Waals surface area (Å²) < 4.78 is 28.1. The standard InChI is InChI=1S/C30H29FN4O4S/c1-33-28(36)26(29(37)39-20-22-8-4-2-5-9-22)27(35(30(33)40)24-10-6-3-7-11-24)32-25-19-34(16-17-38-25)18-21-12-14-23(31)15-13-21/h2-15,25,32H,16-20H2,1H3. The Hall–Kier alpha value is -4.12. The van der Waals surface area contributed by atoms with Gasteiger partial charge in [-0.15, -0.1) is 0 Å². The molecule has 0 amide bonds. The van der Waals surface area contributed by atoms with E-state index in [2.05, 4.69) is 10.2 Å². The summed E-state index contributed by atoms with van der Waals surface area (Å²) in [7, 11) is 1.53. The van der Waals surface area contributed by atoms with Gasteiger partial charge < -0.3 is 14.8 Å². The van der Waals surface area contributed by atoms with E-state index in [4.69, 9.17) is 21.7 Å². The summed E-state index contributed by atoms with van der Waals surface area (Å²) in [6.07, 6.45) is -0.564. The Balaban J connectivity index is 1.49. The van der Waals surface area contributed by atoms with Crippen LogP contribution >= 0.6 is 12.2 Å². The molecule has 5 rings (SSSR count). The molecule has 206 valence electrons. The van der Waals surface area contributed by atoms with Crippen LogP contribution in [0.2, 0.25) is 0 Å². The predicted molar refractivity (Wildman–Crippen MR) is 152 cm³/mol. The predicted octanol–water partition coefficient (Wildman–Crippen LogP) is 4.67.